The highest BCUT2D eigenvalue weighted by Crippen LogP contribution is 2.18. The van der Waals surface area contributed by atoms with Crippen LogP contribution < -0.4 is 5.73 Å². The largest absolute Gasteiger partial charge is 0.330 e. The first kappa shape index (κ1) is 14.1. The van der Waals surface area contributed by atoms with Gasteiger partial charge in [-0.05, 0) is 0 Å². The summed E-state index contributed by atoms with van der Waals surface area (Å²) in [7, 11) is 0. The van der Waals surface area contributed by atoms with E-state index in [1.165, 1.54) is 0 Å². The highest BCUT2D eigenvalue weighted by molar-refractivity contribution is 8.01. The lowest BCUT2D eigenvalue weighted by Gasteiger charge is -1.89. The van der Waals surface area contributed by atoms with Gasteiger partial charge < -0.3 is 5.73 Å². The van der Waals surface area contributed by atoms with Crippen molar-refractivity contribution in [2.75, 3.05) is 12.3 Å². The lowest BCUT2D eigenvalue weighted by atomic mass is 10.8. The van der Waals surface area contributed by atoms with Crippen molar-refractivity contribution < 1.29 is 0 Å². The maximum absolute atomic E-state index is 5.30. The van der Waals surface area contributed by atoms with Crippen LogP contribution in [-0.4, -0.2) is 17.3 Å². The minimum absolute atomic E-state index is 0. The maximum Gasteiger partial charge on any atom is 0.149 e. The first-order valence-electron chi connectivity index (χ1n) is 2.66. The molecule has 0 aromatic carbocycles. The number of aromatic nitrogens is 1. The number of halogens is 2. The Morgan fingerprint density at radius 1 is 1.55 bits per heavy atom. The lowest BCUT2D eigenvalue weighted by molar-refractivity contribution is 1.14. The van der Waals surface area contributed by atoms with E-state index in [1.54, 1.807) is 23.1 Å². The van der Waals surface area contributed by atoms with Crippen molar-refractivity contribution in [3.8, 4) is 0 Å². The van der Waals surface area contributed by atoms with Gasteiger partial charge in [-0.3, -0.25) is 0 Å². The molecule has 0 radical (unpaired) electrons. The summed E-state index contributed by atoms with van der Waals surface area (Å²) in [5, 5.41) is 1.97. The average molecular weight is 233 g/mol. The van der Waals surface area contributed by atoms with Crippen LogP contribution in [0.15, 0.2) is 15.9 Å². The van der Waals surface area contributed by atoms with Crippen LogP contribution in [-0.2, 0) is 0 Å². The van der Waals surface area contributed by atoms with Gasteiger partial charge >= 0.3 is 0 Å². The van der Waals surface area contributed by atoms with Crippen LogP contribution in [0.1, 0.15) is 0 Å². The molecule has 0 atom stereocenters. The van der Waals surface area contributed by atoms with E-state index in [4.69, 9.17) is 5.73 Å². The van der Waals surface area contributed by atoms with Gasteiger partial charge in [0.25, 0.3) is 0 Å². The van der Waals surface area contributed by atoms with Crippen LogP contribution in [0.5, 0.6) is 0 Å². The molecular weight excluding hydrogens is 223 g/mol. The molecule has 0 amide bonds. The van der Waals surface area contributed by atoms with E-state index in [0.717, 1.165) is 16.6 Å². The van der Waals surface area contributed by atoms with Crippen molar-refractivity contribution in [1.82, 2.24) is 4.98 Å². The van der Waals surface area contributed by atoms with Crippen molar-refractivity contribution in [1.29, 1.82) is 0 Å². The van der Waals surface area contributed by atoms with E-state index in [9.17, 15) is 0 Å². The fraction of sp³-hybridized carbons (Fsp3) is 0.400. The van der Waals surface area contributed by atoms with Gasteiger partial charge in [0.15, 0.2) is 0 Å². The molecule has 0 aliphatic heterocycles. The van der Waals surface area contributed by atoms with Gasteiger partial charge in [-0.25, -0.2) is 4.98 Å². The van der Waals surface area contributed by atoms with Gasteiger partial charge in [-0.2, -0.15) is 0 Å². The minimum atomic E-state index is 0. The summed E-state index contributed by atoms with van der Waals surface area (Å²) in [4.78, 5) is 4.08. The second-order valence-corrected chi connectivity index (χ2v) is 3.67. The van der Waals surface area contributed by atoms with Crippen LogP contribution in [0.2, 0.25) is 0 Å². The van der Waals surface area contributed by atoms with E-state index in [2.05, 4.69) is 4.98 Å². The predicted molar refractivity (Wildman–Crippen MR) is 56.4 cm³/mol. The summed E-state index contributed by atoms with van der Waals surface area (Å²) in [6.45, 7) is 0.726. The topological polar surface area (TPSA) is 38.9 Å². The third-order valence-electron chi connectivity index (χ3n) is 0.753. The molecule has 0 saturated carbocycles. The second-order valence-electron chi connectivity index (χ2n) is 1.44. The Morgan fingerprint density at radius 3 is 2.73 bits per heavy atom. The second kappa shape index (κ2) is 8.62. The van der Waals surface area contributed by atoms with Crippen LogP contribution in [0.3, 0.4) is 0 Å². The standard InChI is InChI=1S/C5H8N2S2.2ClH/c6-1-3-8-5-7-2-4-9-5;;/h2,4H,1,3,6H2;2*1H. The van der Waals surface area contributed by atoms with Crippen molar-refractivity contribution in [3.63, 3.8) is 0 Å². The zero-order valence-corrected chi connectivity index (χ0v) is 8.99. The molecule has 1 aromatic rings. The number of nitrogens with zero attached hydrogens (tertiary/aromatic N) is 1. The average Bonchev–Trinajstić information content (AvgIpc) is 2.34. The molecule has 0 saturated heterocycles. The Balaban J connectivity index is 0. The molecule has 6 heteroatoms. The van der Waals surface area contributed by atoms with E-state index in [-0.39, 0.29) is 24.8 Å². The third-order valence-corrected chi connectivity index (χ3v) is 2.75. The summed E-state index contributed by atoms with van der Waals surface area (Å²) in [6.07, 6.45) is 1.81. The van der Waals surface area contributed by atoms with Crippen LogP contribution >= 0.6 is 47.9 Å². The molecule has 2 nitrogen and oxygen atoms in total. The zero-order valence-electron chi connectivity index (χ0n) is 5.73. The lowest BCUT2D eigenvalue weighted by Crippen LogP contribution is -2.00. The third kappa shape index (κ3) is 5.75. The molecule has 0 spiro atoms. The summed E-state index contributed by atoms with van der Waals surface area (Å²) in [5.74, 6) is 0.966. The van der Waals surface area contributed by atoms with E-state index < -0.39 is 0 Å². The van der Waals surface area contributed by atoms with Gasteiger partial charge in [0.2, 0.25) is 0 Å². The SMILES string of the molecule is Cl.Cl.NCCSc1nccs1. The van der Waals surface area contributed by atoms with E-state index in [1.807, 2.05) is 11.6 Å². The van der Waals surface area contributed by atoms with Crippen molar-refractivity contribution in [3.05, 3.63) is 11.6 Å². The molecule has 0 bridgehead atoms. The molecule has 1 heterocycles. The van der Waals surface area contributed by atoms with Gasteiger partial charge in [0, 0.05) is 23.9 Å². The molecule has 11 heavy (non-hydrogen) atoms. The minimum Gasteiger partial charge on any atom is -0.330 e. The van der Waals surface area contributed by atoms with Gasteiger partial charge in [0.05, 0.1) is 0 Å². The van der Waals surface area contributed by atoms with Crippen LogP contribution in [0, 0.1) is 0 Å². The maximum atomic E-state index is 5.30. The Morgan fingerprint density at radius 2 is 2.27 bits per heavy atom. The fourth-order valence-electron chi connectivity index (χ4n) is 0.428. The number of hydrogen-bond acceptors (Lipinski definition) is 4. The molecule has 66 valence electrons. The van der Waals surface area contributed by atoms with Gasteiger partial charge in [0.1, 0.15) is 4.34 Å². The normalized spacial score (nSPS) is 8.09. The zero-order chi connectivity index (χ0) is 6.53. The highest BCUT2D eigenvalue weighted by Gasteiger charge is 1.91. The first-order valence-corrected chi connectivity index (χ1v) is 4.52. The molecule has 1 rings (SSSR count). The Labute approximate surface area is 86.8 Å². The van der Waals surface area contributed by atoms with Crippen LogP contribution in [0.25, 0.3) is 0 Å². The molecule has 2 N–H and O–H groups in total. The van der Waals surface area contributed by atoms with Crippen molar-refractivity contribution in [2.24, 2.45) is 5.73 Å². The summed E-state index contributed by atoms with van der Waals surface area (Å²) in [5.41, 5.74) is 5.30. The van der Waals surface area contributed by atoms with Crippen molar-refractivity contribution in [2.45, 2.75) is 4.34 Å². The molecular formula is C5H10Cl2N2S2. The van der Waals surface area contributed by atoms with Gasteiger partial charge in [-0.15, -0.1) is 36.2 Å². The fourth-order valence-corrected chi connectivity index (χ4v) is 1.90. The first-order chi connectivity index (χ1) is 4.43. The van der Waals surface area contributed by atoms with Gasteiger partial charge in [-0.1, -0.05) is 11.8 Å². The molecule has 1 aromatic heterocycles. The summed E-state index contributed by atoms with van der Waals surface area (Å²) in [6, 6.07) is 0. The molecule has 0 unspecified atom stereocenters. The van der Waals surface area contributed by atoms with Crippen LogP contribution in [0.4, 0.5) is 0 Å². The highest BCUT2D eigenvalue weighted by atomic mass is 35.5. The molecule has 0 aliphatic carbocycles. The Hall–Kier alpha value is 0.520. The van der Waals surface area contributed by atoms with Crippen molar-refractivity contribution >= 4 is 47.9 Å². The quantitative estimate of drug-likeness (QED) is 0.812. The molecule has 0 fully saturated rings. The number of hydrogen-bond donors (Lipinski definition) is 1. The predicted octanol–water partition coefficient (Wildman–Crippen LogP) is 2.04. The number of thiazole rings is 1. The Kier molecular flexibility index (Phi) is 11.0. The van der Waals surface area contributed by atoms with E-state index >= 15 is 0 Å². The number of thioether (sulfide) groups is 1. The summed E-state index contributed by atoms with van der Waals surface area (Å²) < 4.78 is 1.11. The summed E-state index contributed by atoms with van der Waals surface area (Å²) >= 11 is 3.37. The number of nitrogens with two attached hydrogens (primary N) is 1. The Bertz CT molecular complexity index is 158. The number of rotatable bonds is 3. The van der Waals surface area contributed by atoms with E-state index in [0.29, 0.717) is 0 Å². The monoisotopic (exact) mass is 232 g/mol. The smallest absolute Gasteiger partial charge is 0.149 e. The molecule has 0 aliphatic rings.